The number of ether oxygens (including phenoxy) is 1. The molecule has 0 radical (unpaired) electrons. The van der Waals surface area contributed by atoms with Gasteiger partial charge in [0.15, 0.2) is 0 Å². The number of halogens is 1. The van der Waals surface area contributed by atoms with Crippen molar-refractivity contribution in [1.29, 1.82) is 0 Å². The molecule has 6 aromatic rings. The van der Waals surface area contributed by atoms with Gasteiger partial charge in [-0.1, -0.05) is 48.5 Å². The topological polar surface area (TPSA) is 66.1 Å². The molecule has 0 N–H and O–H groups in total. The van der Waals surface area contributed by atoms with Crippen molar-refractivity contribution in [3.05, 3.63) is 102 Å². The molecule has 0 aliphatic carbocycles. The van der Waals surface area contributed by atoms with Crippen LogP contribution in [0.2, 0.25) is 0 Å². The Bertz CT molecular complexity index is 1850. The van der Waals surface area contributed by atoms with Crippen LogP contribution in [0.25, 0.3) is 44.0 Å². The van der Waals surface area contributed by atoms with Gasteiger partial charge in [-0.15, -0.1) is 0 Å². The van der Waals surface area contributed by atoms with Crippen molar-refractivity contribution >= 4 is 44.6 Å². The molecule has 182 valence electrons. The van der Waals surface area contributed by atoms with E-state index in [1.54, 1.807) is 29.0 Å². The summed E-state index contributed by atoms with van der Waals surface area (Å²) >= 11 is 0. The van der Waals surface area contributed by atoms with Crippen LogP contribution >= 0.6 is 0 Å². The SMILES string of the molecule is COC(=O)c1cc2c3ccccc3n(Cc3ccc(F)cc3)c2c(-c2cn(C(C)=O)c3ccccc23)n1. The zero-order valence-electron chi connectivity index (χ0n) is 20.2. The molecule has 0 aliphatic heterocycles. The number of benzene rings is 3. The van der Waals surface area contributed by atoms with Crippen LogP contribution in [0.3, 0.4) is 0 Å². The number of nitrogens with zero attached hydrogens (tertiary/aromatic N) is 3. The lowest BCUT2D eigenvalue weighted by Crippen LogP contribution is -2.07. The van der Waals surface area contributed by atoms with Gasteiger partial charge < -0.3 is 9.30 Å². The minimum atomic E-state index is -0.547. The summed E-state index contributed by atoms with van der Waals surface area (Å²) in [5.74, 6) is -0.975. The number of carbonyl (C=O) groups is 2. The van der Waals surface area contributed by atoms with Crippen LogP contribution in [-0.4, -0.2) is 33.1 Å². The Hall–Kier alpha value is -4.78. The van der Waals surface area contributed by atoms with Gasteiger partial charge in [-0.25, -0.2) is 14.2 Å². The van der Waals surface area contributed by atoms with E-state index in [2.05, 4.69) is 4.57 Å². The first-order chi connectivity index (χ1) is 18.0. The Morgan fingerprint density at radius 2 is 1.57 bits per heavy atom. The highest BCUT2D eigenvalue weighted by molar-refractivity contribution is 6.16. The predicted octanol–water partition coefficient (Wildman–Crippen LogP) is 6.45. The van der Waals surface area contributed by atoms with E-state index in [0.717, 1.165) is 43.8 Å². The molecule has 37 heavy (non-hydrogen) atoms. The largest absolute Gasteiger partial charge is 0.464 e. The molecule has 0 amide bonds. The third-order valence-corrected chi connectivity index (χ3v) is 6.70. The molecule has 3 aromatic carbocycles. The fraction of sp³-hybridized carbons (Fsp3) is 0.100. The van der Waals surface area contributed by atoms with Crippen LogP contribution in [0.4, 0.5) is 4.39 Å². The lowest BCUT2D eigenvalue weighted by molar-refractivity contribution is 0.0594. The van der Waals surface area contributed by atoms with Crippen LogP contribution in [0, 0.1) is 5.82 Å². The smallest absolute Gasteiger partial charge is 0.356 e. The van der Waals surface area contributed by atoms with Crippen LogP contribution in [0.1, 0.15) is 27.8 Å². The van der Waals surface area contributed by atoms with Gasteiger partial charge in [-0.2, -0.15) is 0 Å². The van der Waals surface area contributed by atoms with Crippen molar-refractivity contribution in [2.75, 3.05) is 7.11 Å². The van der Waals surface area contributed by atoms with Gasteiger partial charge in [0.05, 0.1) is 23.8 Å². The number of fused-ring (bicyclic) bond motifs is 4. The summed E-state index contributed by atoms with van der Waals surface area (Å²) in [6.07, 6.45) is 1.77. The molecule has 0 bridgehead atoms. The lowest BCUT2D eigenvalue weighted by Gasteiger charge is -2.12. The lowest BCUT2D eigenvalue weighted by atomic mass is 10.1. The third kappa shape index (κ3) is 3.67. The molecule has 3 heterocycles. The fourth-order valence-corrected chi connectivity index (χ4v) is 5.04. The molecule has 6 nitrogen and oxygen atoms in total. The first-order valence-electron chi connectivity index (χ1n) is 11.8. The van der Waals surface area contributed by atoms with Gasteiger partial charge >= 0.3 is 5.97 Å². The number of aromatic nitrogens is 3. The van der Waals surface area contributed by atoms with Crippen molar-refractivity contribution in [2.24, 2.45) is 0 Å². The van der Waals surface area contributed by atoms with E-state index in [9.17, 15) is 14.0 Å². The van der Waals surface area contributed by atoms with Gasteiger partial charge in [-0.05, 0) is 35.9 Å². The van der Waals surface area contributed by atoms with Crippen molar-refractivity contribution in [2.45, 2.75) is 13.5 Å². The summed E-state index contributed by atoms with van der Waals surface area (Å²) in [5, 5.41) is 2.62. The van der Waals surface area contributed by atoms with E-state index in [-0.39, 0.29) is 17.4 Å². The summed E-state index contributed by atoms with van der Waals surface area (Å²) in [4.78, 5) is 30.0. The summed E-state index contributed by atoms with van der Waals surface area (Å²) in [6, 6.07) is 23.7. The van der Waals surface area contributed by atoms with E-state index >= 15 is 0 Å². The van der Waals surface area contributed by atoms with Gasteiger partial charge in [0.1, 0.15) is 11.5 Å². The van der Waals surface area contributed by atoms with Crippen molar-refractivity contribution in [1.82, 2.24) is 14.1 Å². The summed E-state index contributed by atoms with van der Waals surface area (Å²) in [5.41, 5.74) is 4.89. The predicted molar refractivity (Wildman–Crippen MR) is 141 cm³/mol. The van der Waals surface area contributed by atoms with Crippen molar-refractivity contribution < 1.29 is 18.7 Å². The molecule has 0 saturated heterocycles. The Morgan fingerprint density at radius 1 is 0.892 bits per heavy atom. The fourth-order valence-electron chi connectivity index (χ4n) is 5.04. The van der Waals surface area contributed by atoms with Crippen molar-refractivity contribution in [3.63, 3.8) is 0 Å². The zero-order valence-corrected chi connectivity index (χ0v) is 20.2. The van der Waals surface area contributed by atoms with E-state index in [0.29, 0.717) is 12.2 Å². The number of pyridine rings is 1. The second kappa shape index (κ2) is 8.71. The number of hydrogen-bond donors (Lipinski definition) is 0. The second-order valence-corrected chi connectivity index (χ2v) is 8.92. The number of hydrogen-bond acceptors (Lipinski definition) is 4. The van der Waals surface area contributed by atoms with Crippen molar-refractivity contribution in [3.8, 4) is 11.3 Å². The average Bonchev–Trinajstić information content (AvgIpc) is 3.46. The number of methoxy groups -OCH3 is 1. The monoisotopic (exact) mass is 491 g/mol. The highest BCUT2D eigenvalue weighted by atomic mass is 19.1. The molecular weight excluding hydrogens is 469 g/mol. The molecule has 7 heteroatoms. The summed E-state index contributed by atoms with van der Waals surface area (Å²) in [7, 11) is 1.33. The quantitative estimate of drug-likeness (QED) is 0.266. The van der Waals surface area contributed by atoms with Gasteiger partial charge in [0.2, 0.25) is 5.91 Å². The number of esters is 1. The van der Waals surface area contributed by atoms with Gasteiger partial charge in [-0.3, -0.25) is 9.36 Å². The Labute approximate surface area is 211 Å². The minimum Gasteiger partial charge on any atom is -0.464 e. The minimum absolute atomic E-state index is 0.130. The molecule has 3 aromatic heterocycles. The maximum absolute atomic E-state index is 13.6. The van der Waals surface area contributed by atoms with Crippen LogP contribution in [0.15, 0.2) is 85.1 Å². The van der Waals surface area contributed by atoms with E-state index < -0.39 is 5.97 Å². The highest BCUT2D eigenvalue weighted by Gasteiger charge is 2.23. The molecule has 0 unspecified atom stereocenters. The maximum Gasteiger partial charge on any atom is 0.356 e. The number of para-hydroxylation sites is 2. The highest BCUT2D eigenvalue weighted by Crippen LogP contribution is 2.39. The molecule has 0 fully saturated rings. The standard InChI is InChI=1S/C30H22FN3O3/c1-18(35)33-17-24(22-8-4-5-9-26(22)33)28-29-23(15-25(32-28)30(36)37-2)21-7-3-6-10-27(21)34(29)16-19-11-13-20(31)14-12-19/h3-15,17H,16H2,1-2H3. The van der Waals surface area contributed by atoms with Gasteiger partial charge in [0.25, 0.3) is 0 Å². The zero-order chi connectivity index (χ0) is 25.7. The number of rotatable bonds is 4. The first-order valence-corrected chi connectivity index (χ1v) is 11.8. The molecule has 0 atom stereocenters. The molecule has 0 aliphatic rings. The molecule has 6 rings (SSSR count). The Morgan fingerprint density at radius 3 is 2.27 bits per heavy atom. The van der Waals surface area contributed by atoms with E-state index in [1.165, 1.54) is 26.2 Å². The first kappa shape index (κ1) is 22.7. The molecule has 0 saturated carbocycles. The van der Waals surface area contributed by atoms with E-state index in [4.69, 9.17) is 9.72 Å². The second-order valence-electron chi connectivity index (χ2n) is 8.92. The van der Waals surface area contributed by atoms with E-state index in [1.807, 2.05) is 48.5 Å². The Kier molecular flexibility index (Phi) is 5.34. The summed E-state index contributed by atoms with van der Waals surface area (Å²) in [6.45, 7) is 1.97. The third-order valence-electron chi connectivity index (χ3n) is 6.70. The normalized spacial score (nSPS) is 11.4. The number of carbonyl (C=O) groups excluding carboxylic acids is 2. The average molecular weight is 492 g/mol. The molecular formula is C30H22FN3O3. The summed E-state index contributed by atoms with van der Waals surface area (Å²) < 4.78 is 22.4. The molecule has 0 spiro atoms. The van der Waals surface area contributed by atoms with Crippen LogP contribution < -0.4 is 0 Å². The van der Waals surface area contributed by atoms with Crippen LogP contribution in [0.5, 0.6) is 0 Å². The van der Waals surface area contributed by atoms with Crippen LogP contribution in [-0.2, 0) is 11.3 Å². The van der Waals surface area contributed by atoms with Gasteiger partial charge in [0, 0.05) is 46.9 Å². The maximum atomic E-state index is 13.6. The Balaban J connectivity index is 1.75.